The summed E-state index contributed by atoms with van der Waals surface area (Å²) >= 11 is 3.20. The minimum Gasteiger partial charge on any atom is -0.0595 e. The third kappa shape index (κ3) is 2.02. The number of benzene rings is 1. The van der Waals surface area contributed by atoms with Crippen LogP contribution >= 0.6 is 15.9 Å². The Hall–Kier alpha value is -0.560. The molecule has 0 N–H and O–H groups in total. The third-order valence-corrected chi connectivity index (χ3v) is 1.26. The molecule has 0 heterocycles. The molecule has 0 atom stereocenters. The van der Waals surface area contributed by atoms with E-state index in [2.05, 4.69) is 22.0 Å². The van der Waals surface area contributed by atoms with Crippen molar-refractivity contribution in [3.8, 4) is 0 Å². The second-order valence-electron chi connectivity index (χ2n) is 1.63. The van der Waals surface area contributed by atoms with Gasteiger partial charge in [-0.3, -0.25) is 0 Å². The van der Waals surface area contributed by atoms with Gasteiger partial charge in [0, 0.05) is 0 Å². The Labute approximate surface area is 63.3 Å². The summed E-state index contributed by atoms with van der Waals surface area (Å²) in [4.78, 5) is 1.84. The van der Waals surface area contributed by atoms with Gasteiger partial charge in [-0.05, 0) is 22.7 Å². The standard InChI is InChI=1S/C8H6Br/c9-7-6-8-4-2-1-3-5-8/h2-7H. The lowest BCUT2D eigenvalue weighted by Gasteiger charge is -1.86. The summed E-state index contributed by atoms with van der Waals surface area (Å²) in [5.41, 5.74) is 1.19. The molecule has 0 aliphatic heterocycles. The number of rotatable bonds is 1. The molecule has 1 radical (unpaired) electrons. The molecular formula is C8H6Br. The van der Waals surface area contributed by atoms with E-state index in [9.17, 15) is 0 Å². The van der Waals surface area contributed by atoms with Gasteiger partial charge in [-0.1, -0.05) is 40.2 Å². The Morgan fingerprint density at radius 2 is 2.00 bits per heavy atom. The van der Waals surface area contributed by atoms with E-state index >= 15 is 0 Å². The van der Waals surface area contributed by atoms with Gasteiger partial charge in [0.2, 0.25) is 0 Å². The highest BCUT2D eigenvalue weighted by Gasteiger charge is 1.78. The van der Waals surface area contributed by atoms with E-state index in [4.69, 9.17) is 0 Å². The fourth-order valence-electron chi connectivity index (χ4n) is 0.584. The van der Waals surface area contributed by atoms with Gasteiger partial charge < -0.3 is 0 Å². The van der Waals surface area contributed by atoms with E-state index in [1.54, 1.807) is 0 Å². The molecule has 1 aromatic rings. The summed E-state index contributed by atoms with van der Waals surface area (Å²) in [5.74, 6) is 0. The van der Waals surface area contributed by atoms with Gasteiger partial charge in [0.25, 0.3) is 0 Å². The molecule has 0 aromatic heterocycles. The Kier molecular flexibility index (Phi) is 2.52. The molecule has 0 unspecified atom stereocenters. The molecule has 1 aromatic carbocycles. The van der Waals surface area contributed by atoms with Crippen LogP contribution in [0, 0.1) is 6.07 Å². The normalized spacial score (nSPS) is 10.3. The second-order valence-corrected chi connectivity index (χ2v) is 2.15. The van der Waals surface area contributed by atoms with Crippen LogP contribution in [0.1, 0.15) is 5.56 Å². The predicted molar refractivity (Wildman–Crippen MR) is 43.2 cm³/mol. The monoisotopic (exact) mass is 181 g/mol. The first-order valence-electron chi connectivity index (χ1n) is 2.66. The Morgan fingerprint density at radius 3 is 2.56 bits per heavy atom. The maximum absolute atomic E-state index is 3.20. The molecule has 0 nitrogen and oxygen atoms in total. The van der Waals surface area contributed by atoms with Crippen molar-refractivity contribution in [2.75, 3.05) is 0 Å². The molecule has 0 bridgehead atoms. The van der Waals surface area contributed by atoms with Crippen LogP contribution in [0.3, 0.4) is 0 Å². The van der Waals surface area contributed by atoms with Crippen LogP contribution in [-0.2, 0) is 0 Å². The summed E-state index contributed by atoms with van der Waals surface area (Å²) in [5, 5.41) is 0. The first-order valence-corrected chi connectivity index (χ1v) is 3.58. The van der Waals surface area contributed by atoms with Crippen molar-refractivity contribution < 1.29 is 0 Å². The number of hydrogen-bond donors (Lipinski definition) is 0. The minimum absolute atomic E-state index is 1.19. The zero-order valence-corrected chi connectivity index (χ0v) is 6.43. The van der Waals surface area contributed by atoms with Crippen LogP contribution in [0.25, 0.3) is 6.08 Å². The van der Waals surface area contributed by atoms with E-state index in [-0.39, 0.29) is 0 Å². The van der Waals surface area contributed by atoms with E-state index in [1.807, 2.05) is 35.3 Å². The second kappa shape index (κ2) is 3.46. The maximum atomic E-state index is 3.20. The molecule has 45 valence electrons. The molecule has 0 aliphatic carbocycles. The van der Waals surface area contributed by atoms with Gasteiger partial charge in [-0.25, -0.2) is 0 Å². The average molecular weight is 182 g/mol. The molecule has 0 aliphatic rings. The van der Waals surface area contributed by atoms with E-state index < -0.39 is 0 Å². The summed E-state index contributed by atoms with van der Waals surface area (Å²) in [6.45, 7) is 0. The lowest BCUT2D eigenvalue weighted by molar-refractivity contribution is 1.65. The quantitative estimate of drug-likeness (QED) is 0.626. The largest absolute Gasteiger partial charge is 0.0595 e. The fraction of sp³-hybridized carbons (Fsp3) is 0. The topological polar surface area (TPSA) is 0 Å². The fourth-order valence-corrected chi connectivity index (χ4v) is 0.889. The van der Waals surface area contributed by atoms with Crippen LogP contribution in [0.4, 0.5) is 0 Å². The van der Waals surface area contributed by atoms with Crippen molar-refractivity contribution in [1.29, 1.82) is 0 Å². The summed E-state index contributed by atoms with van der Waals surface area (Å²) < 4.78 is 0. The van der Waals surface area contributed by atoms with E-state index in [0.717, 1.165) is 0 Å². The molecular weight excluding hydrogens is 176 g/mol. The smallest absolute Gasteiger partial charge is 0.0183 e. The molecule has 0 amide bonds. The van der Waals surface area contributed by atoms with E-state index in [1.165, 1.54) is 5.56 Å². The lowest BCUT2D eigenvalue weighted by Crippen LogP contribution is -1.65. The van der Waals surface area contributed by atoms with Gasteiger partial charge in [0.1, 0.15) is 0 Å². The van der Waals surface area contributed by atoms with Crippen molar-refractivity contribution in [2.45, 2.75) is 0 Å². The van der Waals surface area contributed by atoms with Crippen LogP contribution < -0.4 is 0 Å². The molecule has 0 spiro atoms. The highest BCUT2D eigenvalue weighted by atomic mass is 79.9. The van der Waals surface area contributed by atoms with Crippen molar-refractivity contribution in [2.24, 2.45) is 0 Å². The highest BCUT2D eigenvalue weighted by molar-refractivity contribution is 9.11. The molecule has 1 heteroatoms. The van der Waals surface area contributed by atoms with Gasteiger partial charge in [-0.2, -0.15) is 0 Å². The maximum Gasteiger partial charge on any atom is -0.0183 e. The summed E-state index contributed by atoms with van der Waals surface area (Å²) in [7, 11) is 0. The summed E-state index contributed by atoms with van der Waals surface area (Å²) in [6.07, 6.45) is 1.98. The molecule has 0 fully saturated rings. The van der Waals surface area contributed by atoms with Crippen molar-refractivity contribution in [3.63, 3.8) is 0 Å². The molecule has 0 saturated carbocycles. The van der Waals surface area contributed by atoms with Crippen molar-refractivity contribution in [1.82, 2.24) is 0 Å². The first kappa shape index (κ1) is 6.56. The van der Waals surface area contributed by atoms with Gasteiger partial charge in [-0.15, -0.1) is 0 Å². The molecule has 0 saturated heterocycles. The Bertz CT molecular complexity index is 189. The zero-order chi connectivity index (χ0) is 6.53. The average Bonchev–Trinajstić information content (AvgIpc) is 1.91. The zero-order valence-electron chi connectivity index (χ0n) is 4.84. The summed E-state index contributed by atoms with van der Waals surface area (Å²) in [6, 6.07) is 10.7. The third-order valence-electron chi connectivity index (χ3n) is 0.999. The van der Waals surface area contributed by atoms with Crippen LogP contribution in [0.2, 0.25) is 0 Å². The van der Waals surface area contributed by atoms with Gasteiger partial charge in [0.05, 0.1) is 0 Å². The number of hydrogen-bond acceptors (Lipinski definition) is 0. The van der Waals surface area contributed by atoms with Crippen molar-refractivity contribution in [3.05, 3.63) is 40.9 Å². The highest BCUT2D eigenvalue weighted by Crippen LogP contribution is 2.01. The first-order chi connectivity index (χ1) is 4.43. The van der Waals surface area contributed by atoms with Crippen LogP contribution in [0.5, 0.6) is 0 Å². The van der Waals surface area contributed by atoms with Crippen molar-refractivity contribution >= 4 is 22.0 Å². The lowest BCUT2D eigenvalue weighted by atomic mass is 10.2. The van der Waals surface area contributed by atoms with Crippen LogP contribution in [-0.4, -0.2) is 0 Å². The predicted octanol–water partition coefficient (Wildman–Crippen LogP) is 2.85. The van der Waals surface area contributed by atoms with E-state index in [0.29, 0.717) is 0 Å². The van der Waals surface area contributed by atoms with Gasteiger partial charge >= 0.3 is 0 Å². The Balaban J connectivity index is 2.85. The van der Waals surface area contributed by atoms with Gasteiger partial charge in [0.15, 0.2) is 0 Å². The SMILES string of the molecule is BrC=Cc1cc[c]cc1. The number of halogens is 1. The van der Waals surface area contributed by atoms with Crippen LogP contribution in [0.15, 0.2) is 29.3 Å². The minimum atomic E-state index is 1.19. The Morgan fingerprint density at radius 1 is 1.33 bits per heavy atom. The molecule has 9 heavy (non-hydrogen) atoms. The molecule has 1 rings (SSSR count).